The fraction of sp³-hybridized carbons (Fsp3) is 0.500. The molecule has 1 aromatic carbocycles. The zero-order valence-electron chi connectivity index (χ0n) is 11.6. The molecule has 0 radical (unpaired) electrons. The fourth-order valence-electron chi connectivity index (χ4n) is 2.87. The number of para-hydroxylation sites is 1. The highest BCUT2D eigenvalue weighted by atomic mass is 35.5. The van der Waals surface area contributed by atoms with E-state index in [0.717, 1.165) is 35.7 Å². The summed E-state index contributed by atoms with van der Waals surface area (Å²) in [5.74, 6) is 3.08. The number of nitrogens with zero attached hydrogens (tertiary/aromatic N) is 3. The van der Waals surface area contributed by atoms with Crippen molar-refractivity contribution in [2.75, 3.05) is 5.88 Å². The zero-order chi connectivity index (χ0) is 14.1. The Balaban J connectivity index is 2.06. The molecule has 2 aromatic rings. The maximum absolute atomic E-state index is 9.22. The van der Waals surface area contributed by atoms with E-state index in [4.69, 9.17) is 11.6 Å². The summed E-state index contributed by atoms with van der Waals surface area (Å²) < 4.78 is 2.27. The van der Waals surface area contributed by atoms with Crippen molar-refractivity contribution in [1.82, 2.24) is 9.55 Å². The topological polar surface area (TPSA) is 41.6 Å². The Morgan fingerprint density at radius 2 is 2.30 bits per heavy atom. The summed E-state index contributed by atoms with van der Waals surface area (Å²) in [7, 11) is 0. The third-order valence-corrected chi connectivity index (χ3v) is 4.38. The maximum atomic E-state index is 9.22. The van der Waals surface area contributed by atoms with Crippen LogP contribution in [0.3, 0.4) is 0 Å². The second-order valence-corrected chi connectivity index (χ2v) is 6.06. The van der Waals surface area contributed by atoms with Crippen LogP contribution in [0.1, 0.15) is 31.2 Å². The summed E-state index contributed by atoms with van der Waals surface area (Å²) in [6, 6.07) is 8.05. The summed E-state index contributed by atoms with van der Waals surface area (Å²) in [5.41, 5.74) is 2.53. The van der Waals surface area contributed by atoms with Gasteiger partial charge in [0.2, 0.25) is 0 Å². The van der Waals surface area contributed by atoms with Crippen LogP contribution in [0.25, 0.3) is 11.0 Å². The molecule has 0 spiro atoms. The van der Waals surface area contributed by atoms with E-state index in [0.29, 0.717) is 17.4 Å². The Kier molecular flexibility index (Phi) is 3.67. The third kappa shape index (κ3) is 2.41. The average molecular weight is 288 g/mol. The van der Waals surface area contributed by atoms with Gasteiger partial charge in [0.05, 0.1) is 11.1 Å². The highest BCUT2D eigenvalue weighted by molar-refractivity contribution is 6.17. The first kappa shape index (κ1) is 13.5. The average Bonchev–Trinajstić information content (AvgIpc) is 3.24. The quantitative estimate of drug-likeness (QED) is 0.786. The van der Waals surface area contributed by atoms with Crippen LogP contribution >= 0.6 is 11.6 Å². The minimum Gasteiger partial charge on any atom is -0.328 e. The molecule has 0 saturated heterocycles. The van der Waals surface area contributed by atoms with Crippen molar-refractivity contribution in [3.05, 3.63) is 29.6 Å². The van der Waals surface area contributed by atoms with Gasteiger partial charge in [0.25, 0.3) is 0 Å². The largest absolute Gasteiger partial charge is 0.328 e. The van der Waals surface area contributed by atoms with Crippen LogP contribution in [-0.2, 0) is 13.0 Å². The molecule has 1 saturated carbocycles. The predicted octanol–water partition coefficient (Wildman–Crippen LogP) is 3.74. The van der Waals surface area contributed by atoms with Gasteiger partial charge in [0.15, 0.2) is 0 Å². The molecule has 0 amide bonds. The molecule has 0 bridgehead atoms. The minimum absolute atomic E-state index is 0.559. The van der Waals surface area contributed by atoms with Gasteiger partial charge in [-0.15, -0.1) is 11.6 Å². The molecule has 1 heterocycles. The highest BCUT2D eigenvalue weighted by Crippen LogP contribution is 2.38. The van der Waals surface area contributed by atoms with Crippen molar-refractivity contribution in [3.8, 4) is 6.07 Å². The van der Waals surface area contributed by atoms with E-state index in [1.54, 1.807) is 0 Å². The van der Waals surface area contributed by atoms with Crippen LogP contribution in [0.5, 0.6) is 0 Å². The van der Waals surface area contributed by atoms with Crippen molar-refractivity contribution >= 4 is 22.6 Å². The number of hydrogen-bond donors (Lipinski definition) is 0. The van der Waals surface area contributed by atoms with Crippen LogP contribution in [0.2, 0.25) is 0 Å². The summed E-state index contributed by atoms with van der Waals surface area (Å²) in [6.45, 7) is 3.28. The number of imidazole rings is 1. The minimum atomic E-state index is 0.559. The van der Waals surface area contributed by atoms with E-state index in [-0.39, 0.29) is 0 Å². The van der Waals surface area contributed by atoms with Crippen LogP contribution in [-0.4, -0.2) is 15.4 Å². The molecule has 0 aliphatic heterocycles. The summed E-state index contributed by atoms with van der Waals surface area (Å²) in [5, 5.41) is 9.22. The number of halogens is 1. The van der Waals surface area contributed by atoms with E-state index >= 15 is 0 Å². The van der Waals surface area contributed by atoms with Gasteiger partial charge in [0, 0.05) is 18.8 Å². The van der Waals surface area contributed by atoms with Gasteiger partial charge in [-0.25, -0.2) is 4.98 Å². The van der Waals surface area contributed by atoms with Gasteiger partial charge < -0.3 is 4.57 Å². The Morgan fingerprint density at radius 3 is 2.95 bits per heavy atom. The first-order chi connectivity index (χ1) is 9.74. The molecule has 1 aliphatic carbocycles. The molecule has 4 heteroatoms. The highest BCUT2D eigenvalue weighted by Gasteiger charge is 2.29. The number of rotatable bonds is 5. The van der Waals surface area contributed by atoms with E-state index in [1.165, 1.54) is 12.8 Å². The number of fused-ring (bicyclic) bond motifs is 1. The lowest BCUT2D eigenvalue weighted by Crippen LogP contribution is -2.12. The normalized spacial score (nSPS) is 16.2. The lowest BCUT2D eigenvalue weighted by atomic mass is 10.1. The first-order valence-corrected chi connectivity index (χ1v) is 7.72. The van der Waals surface area contributed by atoms with Gasteiger partial charge in [-0.3, -0.25) is 0 Å². The Morgan fingerprint density at radius 1 is 1.50 bits per heavy atom. The summed E-state index contributed by atoms with van der Waals surface area (Å²) in [6.07, 6.45) is 3.45. The Hall–Kier alpha value is -1.53. The molecule has 1 aliphatic rings. The van der Waals surface area contributed by atoms with Crippen LogP contribution < -0.4 is 0 Å². The number of aromatic nitrogens is 2. The Labute approximate surface area is 124 Å². The van der Waals surface area contributed by atoms with E-state index in [1.807, 2.05) is 12.1 Å². The molecule has 104 valence electrons. The van der Waals surface area contributed by atoms with Gasteiger partial charge in [0.1, 0.15) is 17.4 Å². The molecule has 3 nitrogen and oxygen atoms in total. The third-order valence-electron chi connectivity index (χ3n) is 4.19. The number of aryl methyl sites for hydroxylation is 1. The molecule has 3 rings (SSSR count). The predicted molar refractivity (Wildman–Crippen MR) is 80.8 cm³/mol. The van der Waals surface area contributed by atoms with E-state index < -0.39 is 0 Å². The van der Waals surface area contributed by atoms with Gasteiger partial charge in [-0.1, -0.05) is 13.0 Å². The smallest absolute Gasteiger partial charge is 0.111 e. The second kappa shape index (κ2) is 5.46. The van der Waals surface area contributed by atoms with Crippen LogP contribution in [0, 0.1) is 23.2 Å². The lowest BCUT2D eigenvalue weighted by molar-refractivity contribution is 0.429. The number of nitriles is 1. The number of benzene rings is 1. The van der Waals surface area contributed by atoms with Crippen molar-refractivity contribution in [3.63, 3.8) is 0 Å². The SMILES string of the molecule is CC(Cn1c(CCCl)nc2c(C#N)cccc21)C1CC1. The van der Waals surface area contributed by atoms with Gasteiger partial charge in [-0.05, 0) is 36.8 Å². The summed E-state index contributed by atoms with van der Waals surface area (Å²) in [4.78, 5) is 4.66. The molecule has 1 atom stereocenters. The molecule has 1 unspecified atom stereocenters. The molecular formula is C16H18ClN3. The van der Waals surface area contributed by atoms with Crippen molar-refractivity contribution in [2.45, 2.75) is 32.7 Å². The second-order valence-electron chi connectivity index (χ2n) is 5.68. The maximum Gasteiger partial charge on any atom is 0.111 e. The van der Waals surface area contributed by atoms with Crippen LogP contribution in [0.4, 0.5) is 0 Å². The van der Waals surface area contributed by atoms with E-state index in [2.05, 4.69) is 28.6 Å². The van der Waals surface area contributed by atoms with E-state index in [9.17, 15) is 5.26 Å². The molecule has 1 aromatic heterocycles. The fourth-order valence-corrected chi connectivity index (χ4v) is 3.04. The van der Waals surface area contributed by atoms with Crippen LogP contribution in [0.15, 0.2) is 18.2 Å². The molecule has 20 heavy (non-hydrogen) atoms. The molecule has 0 N–H and O–H groups in total. The molecular weight excluding hydrogens is 270 g/mol. The number of alkyl halides is 1. The monoisotopic (exact) mass is 287 g/mol. The first-order valence-electron chi connectivity index (χ1n) is 7.18. The summed E-state index contributed by atoms with van der Waals surface area (Å²) >= 11 is 5.90. The van der Waals surface area contributed by atoms with Crippen molar-refractivity contribution in [1.29, 1.82) is 5.26 Å². The van der Waals surface area contributed by atoms with Gasteiger partial charge >= 0.3 is 0 Å². The number of hydrogen-bond acceptors (Lipinski definition) is 2. The Bertz CT molecular complexity index is 664. The van der Waals surface area contributed by atoms with Crippen molar-refractivity contribution in [2.24, 2.45) is 11.8 Å². The molecule has 1 fully saturated rings. The lowest BCUT2D eigenvalue weighted by Gasteiger charge is -2.14. The standard InChI is InChI=1S/C16H18ClN3/c1-11(12-5-6-12)10-20-14-4-2-3-13(9-18)16(14)19-15(20)7-8-17/h2-4,11-12H,5-8,10H2,1H3. The van der Waals surface area contributed by atoms with Gasteiger partial charge in [-0.2, -0.15) is 5.26 Å². The van der Waals surface area contributed by atoms with Crippen molar-refractivity contribution < 1.29 is 0 Å². The zero-order valence-corrected chi connectivity index (χ0v) is 12.4.